The van der Waals surface area contributed by atoms with Gasteiger partial charge in [0.2, 0.25) is 5.91 Å². The summed E-state index contributed by atoms with van der Waals surface area (Å²) >= 11 is 5.70. The molecular formula is C11H13ClN2O3. The fraction of sp³-hybridized carbons (Fsp3) is 0.273. The van der Waals surface area contributed by atoms with Crippen LogP contribution in [0.5, 0.6) is 0 Å². The molecule has 6 heteroatoms. The number of halogens is 1. The largest absolute Gasteiger partial charge is 0.480 e. The second kappa shape index (κ2) is 6.22. The number of benzene rings is 1. The minimum Gasteiger partial charge on any atom is -0.480 e. The molecule has 92 valence electrons. The van der Waals surface area contributed by atoms with E-state index in [2.05, 4.69) is 5.32 Å². The number of nitrogens with zero attached hydrogens (tertiary/aromatic N) is 1. The quantitative estimate of drug-likeness (QED) is 0.833. The van der Waals surface area contributed by atoms with Crippen molar-refractivity contribution in [1.29, 1.82) is 0 Å². The van der Waals surface area contributed by atoms with Crippen molar-refractivity contribution in [2.75, 3.05) is 25.5 Å². The van der Waals surface area contributed by atoms with Gasteiger partial charge >= 0.3 is 5.97 Å². The number of carbonyl (C=O) groups excluding carboxylic acids is 1. The summed E-state index contributed by atoms with van der Waals surface area (Å²) in [5.41, 5.74) is 0.628. The second-order valence-corrected chi connectivity index (χ2v) is 4.06. The number of nitrogens with one attached hydrogen (secondary N) is 1. The van der Waals surface area contributed by atoms with Crippen LogP contribution < -0.4 is 5.32 Å². The first-order valence-corrected chi connectivity index (χ1v) is 5.31. The van der Waals surface area contributed by atoms with E-state index in [1.54, 1.807) is 31.3 Å². The van der Waals surface area contributed by atoms with Gasteiger partial charge in [0.05, 0.1) is 13.1 Å². The molecule has 0 radical (unpaired) electrons. The van der Waals surface area contributed by atoms with Gasteiger partial charge in [-0.3, -0.25) is 14.5 Å². The van der Waals surface area contributed by atoms with E-state index in [1.165, 1.54) is 4.90 Å². The molecule has 1 aromatic rings. The van der Waals surface area contributed by atoms with Crippen molar-refractivity contribution in [2.45, 2.75) is 0 Å². The molecule has 0 fully saturated rings. The molecule has 0 aromatic heterocycles. The van der Waals surface area contributed by atoms with Gasteiger partial charge < -0.3 is 10.4 Å². The maximum Gasteiger partial charge on any atom is 0.317 e. The number of likely N-dealkylation sites (N-methyl/N-ethyl adjacent to an activating group) is 1. The molecule has 0 aliphatic carbocycles. The molecular weight excluding hydrogens is 244 g/mol. The van der Waals surface area contributed by atoms with E-state index in [1.807, 2.05) is 0 Å². The molecule has 2 N–H and O–H groups in total. The minimum atomic E-state index is -0.966. The van der Waals surface area contributed by atoms with Crippen molar-refractivity contribution in [2.24, 2.45) is 0 Å². The third-order valence-electron chi connectivity index (χ3n) is 1.95. The summed E-state index contributed by atoms with van der Waals surface area (Å²) in [7, 11) is 1.57. The van der Waals surface area contributed by atoms with Crippen molar-refractivity contribution in [1.82, 2.24) is 4.90 Å². The van der Waals surface area contributed by atoms with Gasteiger partial charge in [-0.25, -0.2) is 0 Å². The molecule has 0 aliphatic heterocycles. The van der Waals surface area contributed by atoms with Crippen LogP contribution in [0.1, 0.15) is 0 Å². The normalized spacial score (nSPS) is 10.3. The molecule has 0 spiro atoms. The predicted molar refractivity (Wildman–Crippen MR) is 65.2 cm³/mol. The summed E-state index contributed by atoms with van der Waals surface area (Å²) in [4.78, 5) is 23.3. The van der Waals surface area contributed by atoms with E-state index in [9.17, 15) is 9.59 Å². The van der Waals surface area contributed by atoms with Gasteiger partial charge in [-0.1, -0.05) is 11.6 Å². The first-order chi connectivity index (χ1) is 7.97. The molecule has 1 amide bonds. The SMILES string of the molecule is CN(CC(=O)O)CC(=O)Nc1ccc(Cl)cc1. The zero-order valence-electron chi connectivity index (χ0n) is 9.31. The fourth-order valence-electron chi connectivity index (χ4n) is 1.27. The Morgan fingerprint density at radius 3 is 2.41 bits per heavy atom. The monoisotopic (exact) mass is 256 g/mol. The number of hydrogen-bond donors (Lipinski definition) is 2. The van der Waals surface area contributed by atoms with Gasteiger partial charge in [0.15, 0.2) is 0 Å². The summed E-state index contributed by atoms with van der Waals surface area (Å²) in [5.74, 6) is -1.23. The molecule has 0 bridgehead atoms. The standard InChI is InChI=1S/C11H13ClN2O3/c1-14(7-11(16)17)6-10(15)13-9-4-2-8(12)3-5-9/h2-5H,6-7H2,1H3,(H,13,15)(H,16,17). The Morgan fingerprint density at radius 2 is 1.88 bits per heavy atom. The molecule has 1 aromatic carbocycles. The predicted octanol–water partition coefficient (Wildman–Crippen LogP) is 1.29. The Balaban J connectivity index is 2.44. The maximum absolute atomic E-state index is 11.5. The van der Waals surface area contributed by atoms with E-state index in [4.69, 9.17) is 16.7 Å². The van der Waals surface area contributed by atoms with Crippen molar-refractivity contribution >= 4 is 29.2 Å². The van der Waals surface area contributed by atoms with E-state index in [-0.39, 0.29) is 19.0 Å². The fourth-order valence-corrected chi connectivity index (χ4v) is 1.39. The van der Waals surface area contributed by atoms with Crippen molar-refractivity contribution < 1.29 is 14.7 Å². The van der Waals surface area contributed by atoms with Crippen molar-refractivity contribution in [3.8, 4) is 0 Å². The lowest BCUT2D eigenvalue weighted by atomic mass is 10.3. The van der Waals surface area contributed by atoms with Crippen LogP contribution in [-0.4, -0.2) is 42.0 Å². The van der Waals surface area contributed by atoms with Crippen molar-refractivity contribution in [3.05, 3.63) is 29.3 Å². The lowest BCUT2D eigenvalue weighted by Crippen LogP contribution is -2.33. The van der Waals surface area contributed by atoms with Crippen LogP contribution in [0.15, 0.2) is 24.3 Å². The summed E-state index contributed by atoms with van der Waals surface area (Å²) in [5, 5.41) is 11.8. The summed E-state index contributed by atoms with van der Waals surface area (Å²) in [6, 6.07) is 6.69. The molecule has 0 unspecified atom stereocenters. The van der Waals surface area contributed by atoms with Crippen LogP contribution in [0.3, 0.4) is 0 Å². The molecule has 0 saturated heterocycles. The highest BCUT2D eigenvalue weighted by Gasteiger charge is 2.09. The summed E-state index contributed by atoms with van der Waals surface area (Å²) in [6.45, 7) is -0.150. The van der Waals surface area contributed by atoms with Crippen LogP contribution in [0.4, 0.5) is 5.69 Å². The number of carbonyl (C=O) groups is 2. The van der Waals surface area contributed by atoms with Gasteiger partial charge in [0, 0.05) is 10.7 Å². The Kier molecular flexibility index (Phi) is 4.93. The zero-order chi connectivity index (χ0) is 12.8. The molecule has 0 atom stereocenters. The average molecular weight is 257 g/mol. The Bertz CT molecular complexity index is 406. The first kappa shape index (κ1) is 13.5. The lowest BCUT2D eigenvalue weighted by molar-refractivity contribution is -0.138. The first-order valence-electron chi connectivity index (χ1n) is 4.93. The number of carboxylic acids is 1. The molecule has 0 heterocycles. The van der Waals surface area contributed by atoms with Gasteiger partial charge in [-0.15, -0.1) is 0 Å². The number of aliphatic carboxylic acids is 1. The third-order valence-corrected chi connectivity index (χ3v) is 2.20. The third kappa shape index (κ3) is 5.33. The highest BCUT2D eigenvalue weighted by Crippen LogP contribution is 2.13. The van der Waals surface area contributed by atoms with Gasteiger partial charge in [-0.05, 0) is 31.3 Å². The average Bonchev–Trinajstić information content (AvgIpc) is 2.19. The van der Waals surface area contributed by atoms with Crippen LogP contribution in [0, 0.1) is 0 Å². The molecule has 0 saturated carbocycles. The highest BCUT2D eigenvalue weighted by atomic mass is 35.5. The number of anilines is 1. The number of amides is 1. The Morgan fingerprint density at radius 1 is 1.29 bits per heavy atom. The second-order valence-electron chi connectivity index (χ2n) is 3.62. The van der Waals surface area contributed by atoms with Crippen LogP contribution in [-0.2, 0) is 9.59 Å². The number of rotatable bonds is 5. The van der Waals surface area contributed by atoms with E-state index < -0.39 is 5.97 Å². The maximum atomic E-state index is 11.5. The van der Waals surface area contributed by atoms with Crippen LogP contribution in [0.25, 0.3) is 0 Å². The highest BCUT2D eigenvalue weighted by molar-refractivity contribution is 6.30. The van der Waals surface area contributed by atoms with Gasteiger partial charge in [0.1, 0.15) is 0 Å². The molecule has 1 rings (SSSR count). The van der Waals surface area contributed by atoms with E-state index in [0.717, 1.165) is 0 Å². The van der Waals surface area contributed by atoms with E-state index >= 15 is 0 Å². The summed E-state index contributed by atoms with van der Waals surface area (Å²) in [6.07, 6.45) is 0. The lowest BCUT2D eigenvalue weighted by Gasteiger charge is -2.13. The molecule has 0 aliphatic rings. The number of hydrogen-bond acceptors (Lipinski definition) is 3. The number of carboxylic acid groups (broad SMARTS) is 1. The van der Waals surface area contributed by atoms with Crippen LogP contribution >= 0.6 is 11.6 Å². The van der Waals surface area contributed by atoms with Crippen LogP contribution in [0.2, 0.25) is 5.02 Å². The Hall–Kier alpha value is -1.59. The van der Waals surface area contributed by atoms with E-state index in [0.29, 0.717) is 10.7 Å². The van der Waals surface area contributed by atoms with Crippen molar-refractivity contribution in [3.63, 3.8) is 0 Å². The molecule has 17 heavy (non-hydrogen) atoms. The van der Waals surface area contributed by atoms with Gasteiger partial charge in [0.25, 0.3) is 0 Å². The zero-order valence-corrected chi connectivity index (χ0v) is 10.1. The smallest absolute Gasteiger partial charge is 0.317 e. The summed E-state index contributed by atoms with van der Waals surface area (Å²) < 4.78 is 0. The minimum absolute atomic E-state index is 0.0227. The topological polar surface area (TPSA) is 69.6 Å². The molecule has 5 nitrogen and oxygen atoms in total. The van der Waals surface area contributed by atoms with Gasteiger partial charge in [-0.2, -0.15) is 0 Å². The Labute approximate surface area is 104 Å².